The van der Waals surface area contributed by atoms with E-state index >= 15 is 0 Å². The number of rotatable bonds is 4. The number of hydrogen-bond acceptors (Lipinski definition) is 5. The Labute approximate surface area is 176 Å². The average Bonchev–Trinajstić information content (AvgIpc) is 3.46. The highest BCUT2D eigenvalue weighted by Crippen LogP contribution is 2.39. The van der Waals surface area contributed by atoms with Crippen molar-refractivity contribution in [2.24, 2.45) is 0 Å². The summed E-state index contributed by atoms with van der Waals surface area (Å²) in [6.45, 7) is 4.57. The highest BCUT2D eigenvalue weighted by atomic mass is 16.5. The number of amides is 2. The second-order valence-corrected chi connectivity index (χ2v) is 8.80. The Morgan fingerprint density at radius 3 is 2.60 bits per heavy atom. The average molecular weight is 412 g/mol. The van der Waals surface area contributed by atoms with Gasteiger partial charge in [-0.3, -0.25) is 14.5 Å². The van der Waals surface area contributed by atoms with Crippen molar-refractivity contribution in [3.8, 4) is 5.75 Å². The van der Waals surface area contributed by atoms with E-state index in [0.29, 0.717) is 30.2 Å². The quantitative estimate of drug-likeness (QED) is 0.774. The fourth-order valence-corrected chi connectivity index (χ4v) is 5.27. The van der Waals surface area contributed by atoms with Gasteiger partial charge in [0.1, 0.15) is 0 Å². The minimum absolute atomic E-state index is 0.0625. The van der Waals surface area contributed by atoms with Crippen molar-refractivity contribution < 1.29 is 18.7 Å². The molecule has 2 aromatic rings. The molecule has 0 aliphatic carbocycles. The molecule has 3 aliphatic heterocycles. The van der Waals surface area contributed by atoms with Gasteiger partial charge in [0.05, 0.1) is 13.7 Å². The van der Waals surface area contributed by atoms with Crippen molar-refractivity contribution >= 4 is 22.8 Å². The van der Waals surface area contributed by atoms with Gasteiger partial charge in [0.2, 0.25) is 5.91 Å². The van der Waals surface area contributed by atoms with Gasteiger partial charge < -0.3 is 19.0 Å². The zero-order valence-corrected chi connectivity index (χ0v) is 17.6. The molecule has 1 aromatic heterocycles. The number of para-hydroxylation sites is 1. The van der Waals surface area contributed by atoms with Crippen LogP contribution in [0, 0.1) is 0 Å². The summed E-state index contributed by atoms with van der Waals surface area (Å²) in [5.74, 6) is 1.14. The Bertz CT molecular complexity index is 965. The zero-order chi connectivity index (χ0) is 20.7. The minimum Gasteiger partial charge on any atom is -0.493 e. The molecule has 30 heavy (non-hydrogen) atoms. The van der Waals surface area contributed by atoms with Crippen LogP contribution in [-0.2, 0) is 4.79 Å². The Morgan fingerprint density at radius 1 is 1.07 bits per heavy atom. The summed E-state index contributed by atoms with van der Waals surface area (Å²) >= 11 is 0. The number of hydrogen-bond donors (Lipinski definition) is 0. The molecule has 2 amide bonds. The molecule has 1 spiro atoms. The van der Waals surface area contributed by atoms with Crippen LogP contribution >= 0.6 is 0 Å². The van der Waals surface area contributed by atoms with Crippen LogP contribution in [-0.4, -0.2) is 78.4 Å². The van der Waals surface area contributed by atoms with Gasteiger partial charge in [0, 0.05) is 43.6 Å². The van der Waals surface area contributed by atoms with E-state index in [0.717, 1.165) is 63.7 Å². The van der Waals surface area contributed by atoms with Crippen LogP contribution in [0.4, 0.5) is 0 Å². The van der Waals surface area contributed by atoms with Crippen molar-refractivity contribution in [1.82, 2.24) is 14.7 Å². The predicted molar refractivity (Wildman–Crippen MR) is 113 cm³/mol. The first-order valence-corrected chi connectivity index (χ1v) is 11.0. The Morgan fingerprint density at radius 2 is 1.87 bits per heavy atom. The topological polar surface area (TPSA) is 66.2 Å². The highest BCUT2D eigenvalue weighted by Gasteiger charge is 2.49. The van der Waals surface area contributed by atoms with Crippen LogP contribution in [0.1, 0.15) is 42.7 Å². The van der Waals surface area contributed by atoms with Crippen molar-refractivity contribution in [2.45, 2.75) is 37.6 Å². The first-order valence-electron chi connectivity index (χ1n) is 11.0. The summed E-state index contributed by atoms with van der Waals surface area (Å²) in [4.78, 5) is 32.1. The lowest BCUT2D eigenvalue weighted by Gasteiger charge is -2.57. The maximum Gasteiger partial charge on any atom is 0.289 e. The van der Waals surface area contributed by atoms with Gasteiger partial charge in [-0.25, -0.2) is 0 Å². The number of ether oxygens (including phenoxy) is 1. The number of likely N-dealkylation sites (tertiary alicyclic amines) is 3. The molecule has 0 N–H and O–H groups in total. The molecule has 3 fully saturated rings. The summed E-state index contributed by atoms with van der Waals surface area (Å²) < 4.78 is 11.3. The number of methoxy groups -OCH3 is 1. The summed E-state index contributed by atoms with van der Waals surface area (Å²) in [5, 5.41) is 0.867. The van der Waals surface area contributed by atoms with Gasteiger partial charge in [0.15, 0.2) is 17.1 Å². The molecule has 0 saturated carbocycles. The van der Waals surface area contributed by atoms with Crippen molar-refractivity contribution in [3.63, 3.8) is 0 Å². The lowest BCUT2D eigenvalue weighted by atomic mass is 9.77. The Hall–Kier alpha value is -2.54. The summed E-state index contributed by atoms with van der Waals surface area (Å²) in [6, 6.07) is 7.45. The molecule has 1 atom stereocenters. The molecule has 160 valence electrons. The molecule has 3 aliphatic rings. The van der Waals surface area contributed by atoms with Crippen LogP contribution in [0.15, 0.2) is 28.7 Å². The molecule has 5 rings (SSSR count). The first-order chi connectivity index (χ1) is 14.6. The van der Waals surface area contributed by atoms with E-state index in [1.54, 1.807) is 13.2 Å². The molecule has 1 unspecified atom stereocenters. The van der Waals surface area contributed by atoms with E-state index in [1.165, 1.54) is 0 Å². The smallest absolute Gasteiger partial charge is 0.289 e. The number of piperidine rings is 1. The monoisotopic (exact) mass is 411 g/mol. The molecule has 4 heterocycles. The molecular weight excluding hydrogens is 382 g/mol. The van der Waals surface area contributed by atoms with Crippen molar-refractivity contribution in [2.75, 3.05) is 46.4 Å². The van der Waals surface area contributed by atoms with E-state index in [9.17, 15) is 9.59 Å². The second-order valence-electron chi connectivity index (χ2n) is 8.80. The number of nitrogens with zero attached hydrogens (tertiary/aromatic N) is 3. The molecule has 0 bridgehead atoms. The van der Waals surface area contributed by atoms with Crippen molar-refractivity contribution in [1.29, 1.82) is 0 Å². The number of furan rings is 1. The fraction of sp³-hybridized carbons (Fsp3) is 0.565. The van der Waals surface area contributed by atoms with Crippen LogP contribution < -0.4 is 4.74 Å². The number of carbonyl (C=O) groups is 2. The molecular formula is C23H29N3O4. The normalized spacial score (nSPS) is 24.4. The van der Waals surface area contributed by atoms with Crippen LogP contribution in [0.5, 0.6) is 5.75 Å². The minimum atomic E-state index is -0.0787. The van der Waals surface area contributed by atoms with Crippen LogP contribution in [0.3, 0.4) is 0 Å². The summed E-state index contributed by atoms with van der Waals surface area (Å²) in [6.07, 6.45) is 5.25. The third-order valence-electron chi connectivity index (χ3n) is 7.08. The number of benzene rings is 1. The number of carbonyl (C=O) groups excluding carboxylic acids is 2. The summed E-state index contributed by atoms with van der Waals surface area (Å²) in [5.41, 5.74) is 0.545. The third kappa shape index (κ3) is 3.25. The highest BCUT2D eigenvalue weighted by molar-refractivity contribution is 5.97. The van der Waals surface area contributed by atoms with E-state index in [2.05, 4.69) is 4.90 Å². The third-order valence-corrected chi connectivity index (χ3v) is 7.08. The SMILES string of the molecule is COc1cccc2cc(C(=O)N3CCCC4(CCN4CC(=O)N4CCCC4)C3)oc12. The largest absolute Gasteiger partial charge is 0.493 e. The zero-order valence-electron chi connectivity index (χ0n) is 17.6. The molecule has 3 saturated heterocycles. The van der Waals surface area contributed by atoms with Crippen LogP contribution in [0.25, 0.3) is 11.0 Å². The van der Waals surface area contributed by atoms with Crippen LogP contribution in [0.2, 0.25) is 0 Å². The molecule has 0 radical (unpaired) electrons. The standard InChI is InChI=1S/C23H29N3O4/c1-29-18-7-4-6-17-14-19(30-21(17)18)22(28)25-12-5-8-23(16-25)9-13-26(23)15-20(27)24-10-2-3-11-24/h4,6-7,14H,2-3,5,8-13,15-16H2,1H3. The van der Waals surface area contributed by atoms with E-state index < -0.39 is 0 Å². The van der Waals surface area contributed by atoms with E-state index in [1.807, 2.05) is 28.0 Å². The fourth-order valence-electron chi connectivity index (χ4n) is 5.27. The Kier molecular flexibility index (Phi) is 4.93. The Balaban J connectivity index is 1.30. The van der Waals surface area contributed by atoms with Crippen molar-refractivity contribution in [3.05, 3.63) is 30.0 Å². The molecule has 7 heteroatoms. The molecule has 1 aromatic carbocycles. The van der Waals surface area contributed by atoms with Gasteiger partial charge in [-0.15, -0.1) is 0 Å². The first kappa shape index (κ1) is 19.4. The lowest BCUT2D eigenvalue weighted by Crippen LogP contribution is -2.68. The number of fused-ring (bicyclic) bond motifs is 1. The van der Waals surface area contributed by atoms with Gasteiger partial charge in [-0.2, -0.15) is 0 Å². The second kappa shape index (κ2) is 7.61. The van der Waals surface area contributed by atoms with Gasteiger partial charge in [-0.05, 0) is 44.2 Å². The maximum absolute atomic E-state index is 13.2. The summed E-state index contributed by atoms with van der Waals surface area (Å²) in [7, 11) is 1.60. The van der Waals surface area contributed by atoms with Gasteiger partial charge in [-0.1, -0.05) is 12.1 Å². The maximum atomic E-state index is 13.2. The lowest BCUT2D eigenvalue weighted by molar-refractivity contribution is -0.138. The van der Waals surface area contributed by atoms with E-state index in [-0.39, 0.29) is 17.4 Å². The van der Waals surface area contributed by atoms with Gasteiger partial charge in [0.25, 0.3) is 5.91 Å². The predicted octanol–water partition coefficient (Wildman–Crippen LogP) is 2.74. The van der Waals surface area contributed by atoms with Gasteiger partial charge >= 0.3 is 0 Å². The van der Waals surface area contributed by atoms with E-state index in [4.69, 9.17) is 9.15 Å². The molecule has 7 nitrogen and oxygen atoms in total.